The quantitative estimate of drug-likeness (QED) is 0.811. The number of hydrogen-bond acceptors (Lipinski definition) is 3. The van der Waals surface area contributed by atoms with Crippen LogP contribution in [0.25, 0.3) is 11.0 Å². The van der Waals surface area contributed by atoms with Gasteiger partial charge in [-0.15, -0.1) is 0 Å². The summed E-state index contributed by atoms with van der Waals surface area (Å²) in [5.74, 6) is -0.367. The molecule has 74 valence electrons. The first-order valence-electron chi connectivity index (χ1n) is 4.56. The van der Waals surface area contributed by atoms with Gasteiger partial charge in [0.15, 0.2) is 5.82 Å². The number of halogens is 1. The molecule has 1 heterocycles. The Morgan fingerprint density at radius 1 is 1.43 bits per heavy atom. The fourth-order valence-electron chi connectivity index (χ4n) is 1.43. The minimum Gasteiger partial charge on any atom is -0.353 e. The highest BCUT2D eigenvalue weighted by Crippen LogP contribution is 2.21. The monoisotopic (exact) mass is 194 g/mol. The predicted octanol–water partition coefficient (Wildman–Crippen LogP) is 1.86. The van der Waals surface area contributed by atoms with Crippen LogP contribution in [0, 0.1) is 5.82 Å². The van der Waals surface area contributed by atoms with E-state index in [9.17, 15) is 4.39 Å². The van der Waals surface area contributed by atoms with E-state index in [0.29, 0.717) is 6.54 Å². The van der Waals surface area contributed by atoms with Crippen molar-refractivity contribution in [3.63, 3.8) is 0 Å². The molecule has 4 heteroatoms. The third-order valence-electron chi connectivity index (χ3n) is 2.14. The smallest absolute Gasteiger partial charge is 0.202 e. The third-order valence-corrected chi connectivity index (χ3v) is 2.14. The number of hydrogen-bond donors (Lipinski definition) is 1. The van der Waals surface area contributed by atoms with Crippen molar-refractivity contribution in [2.75, 3.05) is 6.54 Å². The SMILES string of the molecule is NCCCc1noc2c(F)cccc12. The van der Waals surface area contributed by atoms with Crippen LogP contribution in [0.4, 0.5) is 4.39 Å². The molecule has 0 saturated carbocycles. The molecular formula is C10H11FN2O. The summed E-state index contributed by atoms with van der Waals surface area (Å²) in [5.41, 5.74) is 6.40. The molecule has 2 aromatic rings. The Kier molecular flexibility index (Phi) is 2.45. The van der Waals surface area contributed by atoms with Gasteiger partial charge in [0.25, 0.3) is 0 Å². The van der Waals surface area contributed by atoms with Gasteiger partial charge in [-0.05, 0) is 31.5 Å². The zero-order valence-electron chi connectivity index (χ0n) is 7.66. The largest absolute Gasteiger partial charge is 0.353 e. The maximum atomic E-state index is 13.2. The average molecular weight is 194 g/mol. The lowest BCUT2D eigenvalue weighted by Gasteiger charge is -1.93. The number of aryl methyl sites for hydroxylation is 1. The van der Waals surface area contributed by atoms with E-state index < -0.39 is 0 Å². The standard InChI is InChI=1S/C10H11FN2O/c11-8-4-1-3-7-9(5-2-6-12)13-14-10(7)8/h1,3-4H,2,5-6,12H2. The van der Waals surface area contributed by atoms with Gasteiger partial charge in [-0.1, -0.05) is 11.2 Å². The summed E-state index contributed by atoms with van der Waals surface area (Å²) in [6.07, 6.45) is 1.56. The maximum Gasteiger partial charge on any atom is 0.202 e. The van der Waals surface area contributed by atoms with Gasteiger partial charge in [-0.2, -0.15) is 0 Å². The normalized spacial score (nSPS) is 11.0. The summed E-state index contributed by atoms with van der Waals surface area (Å²) in [6.45, 7) is 0.601. The van der Waals surface area contributed by atoms with Crippen LogP contribution < -0.4 is 5.73 Å². The molecule has 0 aliphatic heterocycles. The van der Waals surface area contributed by atoms with Crippen molar-refractivity contribution in [2.45, 2.75) is 12.8 Å². The van der Waals surface area contributed by atoms with Crippen LogP contribution in [0.1, 0.15) is 12.1 Å². The van der Waals surface area contributed by atoms with Crippen molar-refractivity contribution in [3.8, 4) is 0 Å². The third kappa shape index (κ3) is 1.48. The van der Waals surface area contributed by atoms with Gasteiger partial charge in [0, 0.05) is 5.39 Å². The highest BCUT2D eigenvalue weighted by Gasteiger charge is 2.10. The van der Waals surface area contributed by atoms with Crippen molar-refractivity contribution < 1.29 is 8.91 Å². The molecule has 2 rings (SSSR count). The minimum atomic E-state index is -0.367. The highest BCUT2D eigenvalue weighted by atomic mass is 19.1. The molecule has 2 N–H and O–H groups in total. The molecule has 0 spiro atoms. The van der Waals surface area contributed by atoms with Gasteiger partial charge in [0.1, 0.15) is 0 Å². The fraction of sp³-hybridized carbons (Fsp3) is 0.300. The molecule has 1 aromatic heterocycles. The first kappa shape index (κ1) is 9.15. The molecule has 14 heavy (non-hydrogen) atoms. The van der Waals surface area contributed by atoms with Gasteiger partial charge in [0.2, 0.25) is 5.58 Å². The van der Waals surface area contributed by atoms with Crippen LogP contribution in [-0.4, -0.2) is 11.7 Å². The molecule has 0 saturated heterocycles. The van der Waals surface area contributed by atoms with Crippen molar-refractivity contribution in [3.05, 3.63) is 29.7 Å². The number of nitrogens with two attached hydrogens (primary N) is 1. The number of rotatable bonds is 3. The van der Waals surface area contributed by atoms with Gasteiger partial charge in [-0.25, -0.2) is 4.39 Å². The first-order valence-corrected chi connectivity index (χ1v) is 4.56. The topological polar surface area (TPSA) is 52.0 Å². The molecule has 1 aromatic carbocycles. The summed E-state index contributed by atoms with van der Waals surface area (Å²) in [7, 11) is 0. The van der Waals surface area contributed by atoms with Gasteiger partial charge in [-0.3, -0.25) is 0 Å². The second-order valence-electron chi connectivity index (χ2n) is 3.14. The summed E-state index contributed by atoms with van der Waals surface area (Å²) >= 11 is 0. The van der Waals surface area contributed by atoms with Crippen molar-refractivity contribution in [2.24, 2.45) is 5.73 Å². The number of fused-ring (bicyclic) bond motifs is 1. The minimum absolute atomic E-state index is 0.236. The van der Waals surface area contributed by atoms with E-state index in [4.69, 9.17) is 10.3 Å². The number of nitrogens with zero attached hydrogens (tertiary/aromatic N) is 1. The zero-order chi connectivity index (χ0) is 9.97. The predicted molar refractivity (Wildman–Crippen MR) is 51.3 cm³/mol. The summed E-state index contributed by atoms with van der Waals surface area (Å²) in [5, 5.41) is 4.57. The van der Waals surface area contributed by atoms with Gasteiger partial charge >= 0.3 is 0 Å². The average Bonchev–Trinajstić information content (AvgIpc) is 2.60. The lowest BCUT2D eigenvalue weighted by atomic mass is 10.1. The fourth-order valence-corrected chi connectivity index (χ4v) is 1.43. The Morgan fingerprint density at radius 2 is 2.29 bits per heavy atom. The molecule has 0 atom stereocenters. The van der Waals surface area contributed by atoms with Crippen molar-refractivity contribution in [1.82, 2.24) is 5.16 Å². The van der Waals surface area contributed by atoms with Crippen LogP contribution in [0.5, 0.6) is 0 Å². The molecule has 0 bridgehead atoms. The van der Waals surface area contributed by atoms with Crippen LogP contribution >= 0.6 is 0 Å². The van der Waals surface area contributed by atoms with E-state index in [-0.39, 0.29) is 11.4 Å². The Hall–Kier alpha value is -1.42. The van der Waals surface area contributed by atoms with E-state index in [1.807, 2.05) is 0 Å². The molecular weight excluding hydrogens is 183 g/mol. The van der Waals surface area contributed by atoms with Crippen LogP contribution in [0.3, 0.4) is 0 Å². The molecule has 0 amide bonds. The Bertz CT molecular complexity index is 439. The van der Waals surface area contributed by atoms with Crippen LogP contribution in [0.2, 0.25) is 0 Å². The van der Waals surface area contributed by atoms with E-state index in [0.717, 1.165) is 23.9 Å². The Balaban J connectivity index is 2.42. The lowest BCUT2D eigenvalue weighted by molar-refractivity contribution is 0.431. The Labute approximate surface area is 80.7 Å². The molecule has 3 nitrogen and oxygen atoms in total. The molecule has 0 aliphatic carbocycles. The van der Waals surface area contributed by atoms with Gasteiger partial charge in [0.05, 0.1) is 5.69 Å². The molecule has 0 aliphatic rings. The summed E-state index contributed by atoms with van der Waals surface area (Å²) < 4.78 is 18.1. The molecule has 0 fully saturated rings. The first-order chi connectivity index (χ1) is 6.83. The van der Waals surface area contributed by atoms with Crippen LogP contribution in [0.15, 0.2) is 22.7 Å². The zero-order valence-corrected chi connectivity index (χ0v) is 7.66. The summed E-state index contributed by atoms with van der Waals surface area (Å²) in [6, 6.07) is 4.82. The van der Waals surface area contributed by atoms with Crippen molar-refractivity contribution in [1.29, 1.82) is 0 Å². The van der Waals surface area contributed by atoms with E-state index in [1.165, 1.54) is 6.07 Å². The van der Waals surface area contributed by atoms with E-state index in [2.05, 4.69) is 5.16 Å². The highest BCUT2D eigenvalue weighted by molar-refractivity contribution is 5.79. The van der Waals surface area contributed by atoms with Crippen LogP contribution in [-0.2, 0) is 6.42 Å². The summed E-state index contributed by atoms with van der Waals surface area (Å²) in [4.78, 5) is 0. The van der Waals surface area contributed by atoms with E-state index in [1.54, 1.807) is 12.1 Å². The second kappa shape index (κ2) is 3.75. The molecule has 0 radical (unpaired) electrons. The number of benzene rings is 1. The number of aromatic nitrogens is 1. The van der Waals surface area contributed by atoms with Crippen molar-refractivity contribution >= 4 is 11.0 Å². The Morgan fingerprint density at radius 3 is 3.07 bits per heavy atom. The lowest BCUT2D eigenvalue weighted by Crippen LogP contribution is -2.00. The van der Waals surface area contributed by atoms with E-state index >= 15 is 0 Å². The molecule has 0 unspecified atom stereocenters. The number of para-hydroxylation sites is 1. The maximum absolute atomic E-state index is 13.2. The second-order valence-corrected chi connectivity index (χ2v) is 3.14. The van der Waals surface area contributed by atoms with Gasteiger partial charge < -0.3 is 10.3 Å².